The lowest BCUT2D eigenvalue weighted by atomic mass is 9.84. The standard InChI is InChI=1S/C11H14ClN3O/c12-9-5-13-6-14-10(9)11(16)3-7-1-2-8(4-11)15-7/h5-8,15-16H,1-4H2. The Labute approximate surface area is 99.1 Å². The number of nitrogens with one attached hydrogen (secondary N) is 1. The maximum atomic E-state index is 10.7. The Morgan fingerprint density at radius 3 is 2.69 bits per heavy atom. The van der Waals surface area contributed by atoms with Crippen LogP contribution in [0.1, 0.15) is 31.4 Å². The molecule has 0 aromatic carbocycles. The van der Waals surface area contributed by atoms with E-state index in [1.165, 1.54) is 6.33 Å². The minimum absolute atomic E-state index is 0.398. The summed E-state index contributed by atoms with van der Waals surface area (Å²) in [6, 6.07) is 0.796. The van der Waals surface area contributed by atoms with E-state index in [-0.39, 0.29) is 0 Å². The summed E-state index contributed by atoms with van der Waals surface area (Å²) >= 11 is 6.06. The zero-order valence-corrected chi connectivity index (χ0v) is 9.61. The van der Waals surface area contributed by atoms with Crippen molar-refractivity contribution in [3.8, 4) is 0 Å². The molecule has 2 fully saturated rings. The van der Waals surface area contributed by atoms with Gasteiger partial charge in [0.2, 0.25) is 0 Å². The molecule has 5 heteroatoms. The van der Waals surface area contributed by atoms with Crippen LogP contribution in [-0.2, 0) is 5.60 Å². The number of fused-ring (bicyclic) bond motifs is 2. The zero-order valence-electron chi connectivity index (χ0n) is 8.86. The largest absolute Gasteiger partial charge is 0.383 e. The molecule has 4 nitrogen and oxygen atoms in total. The SMILES string of the molecule is OC1(c2ncncc2Cl)CC2CCC(C1)N2. The fourth-order valence-electron chi connectivity index (χ4n) is 2.97. The lowest BCUT2D eigenvalue weighted by molar-refractivity contribution is -0.0153. The Morgan fingerprint density at radius 1 is 1.38 bits per heavy atom. The normalized spacial score (nSPS) is 37.6. The van der Waals surface area contributed by atoms with Crippen molar-refractivity contribution < 1.29 is 5.11 Å². The first-order valence-electron chi connectivity index (χ1n) is 5.62. The lowest BCUT2D eigenvalue weighted by Gasteiger charge is -2.36. The number of nitrogens with zero attached hydrogens (tertiary/aromatic N) is 2. The van der Waals surface area contributed by atoms with Gasteiger partial charge in [0.1, 0.15) is 11.9 Å². The molecule has 0 radical (unpaired) electrons. The lowest BCUT2D eigenvalue weighted by Crippen LogP contribution is -2.47. The van der Waals surface area contributed by atoms with E-state index in [0.29, 0.717) is 35.6 Å². The van der Waals surface area contributed by atoms with Gasteiger partial charge in [0.05, 0.1) is 10.7 Å². The predicted molar refractivity (Wildman–Crippen MR) is 60.1 cm³/mol. The van der Waals surface area contributed by atoms with E-state index in [0.717, 1.165) is 12.8 Å². The number of rotatable bonds is 1. The van der Waals surface area contributed by atoms with Crippen LogP contribution in [0, 0.1) is 0 Å². The van der Waals surface area contributed by atoms with Gasteiger partial charge in [0.25, 0.3) is 0 Å². The van der Waals surface area contributed by atoms with Crippen LogP contribution in [0.2, 0.25) is 5.02 Å². The van der Waals surface area contributed by atoms with Crippen LogP contribution in [0.25, 0.3) is 0 Å². The van der Waals surface area contributed by atoms with Gasteiger partial charge in [-0.3, -0.25) is 0 Å². The molecular formula is C11H14ClN3O. The topological polar surface area (TPSA) is 58.0 Å². The van der Waals surface area contributed by atoms with Crippen LogP contribution in [0.3, 0.4) is 0 Å². The second kappa shape index (κ2) is 3.65. The molecule has 1 aromatic rings. The van der Waals surface area contributed by atoms with E-state index >= 15 is 0 Å². The van der Waals surface area contributed by atoms with Gasteiger partial charge in [-0.15, -0.1) is 0 Å². The molecule has 2 atom stereocenters. The van der Waals surface area contributed by atoms with Crippen molar-refractivity contribution in [2.24, 2.45) is 0 Å². The summed E-state index contributed by atoms with van der Waals surface area (Å²) in [4.78, 5) is 8.00. The molecule has 2 unspecified atom stereocenters. The fraction of sp³-hybridized carbons (Fsp3) is 0.636. The minimum atomic E-state index is -0.878. The number of hydrogen-bond donors (Lipinski definition) is 2. The van der Waals surface area contributed by atoms with Gasteiger partial charge in [-0.2, -0.15) is 0 Å². The van der Waals surface area contributed by atoms with E-state index < -0.39 is 5.60 Å². The number of piperidine rings is 1. The summed E-state index contributed by atoms with van der Waals surface area (Å²) in [6.45, 7) is 0. The first-order valence-corrected chi connectivity index (χ1v) is 5.99. The smallest absolute Gasteiger partial charge is 0.115 e. The third kappa shape index (κ3) is 1.61. The van der Waals surface area contributed by atoms with Crippen LogP contribution >= 0.6 is 11.6 Å². The Hall–Kier alpha value is -0.710. The fourth-order valence-corrected chi connectivity index (χ4v) is 3.25. The van der Waals surface area contributed by atoms with Crippen molar-refractivity contribution in [1.82, 2.24) is 15.3 Å². The Kier molecular flexibility index (Phi) is 2.38. The van der Waals surface area contributed by atoms with Gasteiger partial charge in [-0.1, -0.05) is 11.6 Å². The van der Waals surface area contributed by atoms with Gasteiger partial charge in [0, 0.05) is 18.3 Å². The van der Waals surface area contributed by atoms with Gasteiger partial charge in [-0.25, -0.2) is 9.97 Å². The summed E-state index contributed by atoms with van der Waals surface area (Å²) < 4.78 is 0. The van der Waals surface area contributed by atoms with Crippen molar-refractivity contribution in [1.29, 1.82) is 0 Å². The summed E-state index contributed by atoms with van der Waals surface area (Å²) in [6.07, 6.45) is 6.65. The summed E-state index contributed by atoms with van der Waals surface area (Å²) in [5, 5.41) is 14.6. The van der Waals surface area contributed by atoms with Crippen LogP contribution in [-0.4, -0.2) is 27.2 Å². The average Bonchev–Trinajstić information content (AvgIpc) is 2.59. The molecule has 2 saturated heterocycles. The molecule has 86 valence electrons. The zero-order chi connectivity index (χ0) is 11.2. The van der Waals surface area contributed by atoms with Crippen molar-refractivity contribution in [2.75, 3.05) is 0 Å². The first kappa shape index (κ1) is 10.4. The summed E-state index contributed by atoms with van der Waals surface area (Å²) in [7, 11) is 0. The molecule has 0 spiro atoms. The Balaban J connectivity index is 1.96. The minimum Gasteiger partial charge on any atom is -0.383 e. The molecule has 0 saturated carbocycles. The molecule has 1 aromatic heterocycles. The van der Waals surface area contributed by atoms with Gasteiger partial charge >= 0.3 is 0 Å². The van der Waals surface area contributed by atoms with Crippen LogP contribution in [0.5, 0.6) is 0 Å². The number of aromatic nitrogens is 2. The van der Waals surface area contributed by atoms with E-state index in [1.54, 1.807) is 6.20 Å². The summed E-state index contributed by atoms with van der Waals surface area (Å²) in [5.74, 6) is 0. The highest BCUT2D eigenvalue weighted by molar-refractivity contribution is 6.31. The molecule has 2 aliphatic rings. The maximum Gasteiger partial charge on any atom is 0.115 e. The predicted octanol–water partition coefficient (Wildman–Crippen LogP) is 1.23. The summed E-state index contributed by atoms with van der Waals surface area (Å²) in [5.41, 5.74) is -0.292. The quantitative estimate of drug-likeness (QED) is 0.774. The average molecular weight is 240 g/mol. The molecule has 2 aliphatic heterocycles. The molecule has 0 aliphatic carbocycles. The maximum absolute atomic E-state index is 10.7. The molecule has 0 amide bonds. The van der Waals surface area contributed by atoms with Crippen LogP contribution in [0.4, 0.5) is 0 Å². The Bertz CT molecular complexity index is 400. The Morgan fingerprint density at radius 2 is 2.06 bits per heavy atom. The number of halogens is 1. The number of aliphatic hydroxyl groups is 1. The molecular weight excluding hydrogens is 226 g/mol. The molecule has 3 rings (SSSR count). The van der Waals surface area contributed by atoms with Crippen molar-refractivity contribution in [3.63, 3.8) is 0 Å². The third-order valence-electron chi connectivity index (χ3n) is 3.61. The van der Waals surface area contributed by atoms with Crippen LogP contribution in [0.15, 0.2) is 12.5 Å². The monoisotopic (exact) mass is 239 g/mol. The van der Waals surface area contributed by atoms with Gasteiger partial charge < -0.3 is 10.4 Å². The second-order valence-electron chi connectivity index (χ2n) is 4.80. The van der Waals surface area contributed by atoms with Crippen molar-refractivity contribution >= 4 is 11.6 Å². The van der Waals surface area contributed by atoms with Gasteiger partial charge in [0.15, 0.2) is 0 Å². The first-order chi connectivity index (χ1) is 7.67. The molecule has 3 heterocycles. The van der Waals surface area contributed by atoms with E-state index in [2.05, 4.69) is 15.3 Å². The third-order valence-corrected chi connectivity index (χ3v) is 3.89. The molecule has 2 bridgehead atoms. The highest BCUT2D eigenvalue weighted by Gasteiger charge is 2.45. The van der Waals surface area contributed by atoms with Gasteiger partial charge in [-0.05, 0) is 25.7 Å². The van der Waals surface area contributed by atoms with Crippen LogP contribution < -0.4 is 5.32 Å². The van der Waals surface area contributed by atoms with Crippen molar-refractivity contribution in [3.05, 3.63) is 23.2 Å². The highest BCUT2D eigenvalue weighted by atomic mass is 35.5. The second-order valence-corrected chi connectivity index (χ2v) is 5.20. The molecule has 2 N–H and O–H groups in total. The van der Waals surface area contributed by atoms with E-state index in [4.69, 9.17) is 11.6 Å². The highest BCUT2D eigenvalue weighted by Crippen LogP contribution is 2.41. The molecule has 16 heavy (non-hydrogen) atoms. The van der Waals surface area contributed by atoms with E-state index in [9.17, 15) is 5.11 Å². The number of hydrogen-bond acceptors (Lipinski definition) is 4. The van der Waals surface area contributed by atoms with Crippen molar-refractivity contribution in [2.45, 2.75) is 43.4 Å². The van der Waals surface area contributed by atoms with E-state index in [1.807, 2.05) is 0 Å².